The van der Waals surface area contributed by atoms with Crippen LogP contribution in [0.2, 0.25) is 5.02 Å². The summed E-state index contributed by atoms with van der Waals surface area (Å²) in [6.45, 7) is 3.85. The first kappa shape index (κ1) is 15.6. The lowest BCUT2D eigenvalue weighted by atomic mass is 10.1. The van der Waals surface area contributed by atoms with Crippen LogP contribution in [0.3, 0.4) is 0 Å². The molecule has 3 rings (SSSR count). The highest BCUT2D eigenvalue weighted by Gasteiger charge is 2.08. The second-order valence-corrected chi connectivity index (χ2v) is 6.24. The maximum absolute atomic E-state index is 6.00. The van der Waals surface area contributed by atoms with Crippen molar-refractivity contribution < 1.29 is 0 Å². The Hall–Kier alpha value is -2.25. The number of rotatable bonds is 5. The molecule has 2 heteroatoms. The smallest absolute Gasteiger partial charge is 0.0433 e. The zero-order valence-corrected chi connectivity index (χ0v) is 14.0. The van der Waals surface area contributed by atoms with Gasteiger partial charge in [0.15, 0.2) is 0 Å². The average molecular weight is 322 g/mol. The van der Waals surface area contributed by atoms with Crippen LogP contribution < -0.4 is 4.90 Å². The van der Waals surface area contributed by atoms with Gasteiger partial charge in [0.1, 0.15) is 0 Å². The van der Waals surface area contributed by atoms with Crippen LogP contribution in [-0.2, 0) is 13.1 Å². The van der Waals surface area contributed by atoms with Gasteiger partial charge in [0.05, 0.1) is 0 Å². The largest absolute Gasteiger partial charge is 0.363 e. The van der Waals surface area contributed by atoms with Crippen molar-refractivity contribution in [3.8, 4) is 0 Å². The molecule has 0 radical (unpaired) electrons. The Balaban J connectivity index is 1.86. The minimum absolute atomic E-state index is 0.777. The Bertz CT molecular complexity index is 733. The van der Waals surface area contributed by atoms with Gasteiger partial charge in [-0.15, -0.1) is 0 Å². The number of halogens is 1. The Kier molecular flexibility index (Phi) is 4.99. The van der Waals surface area contributed by atoms with Crippen LogP contribution in [0, 0.1) is 6.92 Å². The first-order valence-electron chi connectivity index (χ1n) is 7.81. The summed E-state index contributed by atoms with van der Waals surface area (Å²) in [5, 5.41) is 0.777. The lowest BCUT2D eigenvalue weighted by Crippen LogP contribution is -2.22. The molecule has 0 heterocycles. The summed E-state index contributed by atoms with van der Waals surface area (Å²) in [6, 6.07) is 27.4. The van der Waals surface area contributed by atoms with Crippen LogP contribution in [0.4, 0.5) is 5.69 Å². The molecule has 3 aromatic carbocycles. The summed E-state index contributed by atoms with van der Waals surface area (Å²) in [6.07, 6.45) is 0. The van der Waals surface area contributed by atoms with E-state index in [1.807, 2.05) is 12.1 Å². The van der Waals surface area contributed by atoms with E-state index in [4.69, 9.17) is 11.6 Å². The molecule has 0 aliphatic rings. The zero-order chi connectivity index (χ0) is 16.1. The number of aryl methyl sites for hydroxylation is 1. The average Bonchev–Trinajstić information content (AvgIpc) is 2.58. The predicted octanol–water partition coefficient (Wildman–Crippen LogP) is 5.86. The standard InChI is InChI=1S/C21H20ClN/c1-17-7-13-21(14-8-17)23(15-18-5-3-2-4-6-18)16-19-9-11-20(22)12-10-19/h2-14H,15-16H2,1H3. The second kappa shape index (κ2) is 7.34. The molecule has 3 aromatic rings. The third-order valence-electron chi connectivity index (χ3n) is 3.90. The van der Waals surface area contributed by atoms with Gasteiger partial charge in [0.25, 0.3) is 0 Å². The van der Waals surface area contributed by atoms with Gasteiger partial charge in [0.2, 0.25) is 0 Å². The molecule has 116 valence electrons. The van der Waals surface area contributed by atoms with Crippen LogP contribution in [0.5, 0.6) is 0 Å². The highest BCUT2D eigenvalue weighted by Crippen LogP contribution is 2.21. The van der Waals surface area contributed by atoms with Gasteiger partial charge in [-0.2, -0.15) is 0 Å². The first-order valence-corrected chi connectivity index (χ1v) is 8.18. The van der Waals surface area contributed by atoms with Gasteiger partial charge in [-0.25, -0.2) is 0 Å². The minimum atomic E-state index is 0.777. The Labute approximate surface area is 143 Å². The van der Waals surface area contributed by atoms with Gasteiger partial charge in [-0.1, -0.05) is 71.8 Å². The van der Waals surface area contributed by atoms with E-state index in [1.54, 1.807) is 0 Å². The number of nitrogens with zero attached hydrogens (tertiary/aromatic N) is 1. The lowest BCUT2D eigenvalue weighted by Gasteiger charge is -2.25. The molecular formula is C21H20ClN. The molecule has 0 fully saturated rings. The fourth-order valence-corrected chi connectivity index (χ4v) is 2.73. The molecule has 0 amide bonds. The molecule has 1 nitrogen and oxygen atoms in total. The molecule has 0 saturated carbocycles. The van der Waals surface area contributed by atoms with Crippen molar-refractivity contribution in [2.24, 2.45) is 0 Å². The number of anilines is 1. The molecule has 0 atom stereocenters. The summed E-state index contributed by atoms with van der Waals surface area (Å²) < 4.78 is 0. The van der Waals surface area contributed by atoms with Crippen molar-refractivity contribution in [1.29, 1.82) is 0 Å². The fraction of sp³-hybridized carbons (Fsp3) is 0.143. The van der Waals surface area contributed by atoms with Crippen molar-refractivity contribution in [2.45, 2.75) is 20.0 Å². The summed E-state index contributed by atoms with van der Waals surface area (Å²) >= 11 is 6.00. The van der Waals surface area contributed by atoms with Crippen molar-refractivity contribution in [1.82, 2.24) is 0 Å². The zero-order valence-electron chi connectivity index (χ0n) is 13.2. The van der Waals surface area contributed by atoms with E-state index >= 15 is 0 Å². The van der Waals surface area contributed by atoms with Crippen LogP contribution >= 0.6 is 11.6 Å². The molecule has 0 aliphatic carbocycles. The van der Waals surface area contributed by atoms with E-state index in [2.05, 4.69) is 78.6 Å². The Morgan fingerprint density at radius 1 is 0.696 bits per heavy atom. The summed E-state index contributed by atoms with van der Waals surface area (Å²) in [5.41, 5.74) is 5.07. The maximum Gasteiger partial charge on any atom is 0.0433 e. The van der Waals surface area contributed by atoms with E-state index in [-0.39, 0.29) is 0 Å². The normalized spacial score (nSPS) is 10.5. The SMILES string of the molecule is Cc1ccc(N(Cc2ccccc2)Cc2ccc(Cl)cc2)cc1. The van der Waals surface area contributed by atoms with Gasteiger partial charge in [0, 0.05) is 23.8 Å². The molecule has 0 N–H and O–H groups in total. The topological polar surface area (TPSA) is 3.24 Å². The fourth-order valence-electron chi connectivity index (χ4n) is 2.61. The molecule has 0 spiro atoms. The Morgan fingerprint density at radius 3 is 1.87 bits per heavy atom. The van der Waals surface area contributed by atoms with Crippen LogP contribution in [0.1, 0.15) is 16.7 Å². The quantitative estimate of drug-likeness (QED) is 0.569. The Morgan fingerprint density at radius 2 is 1.26 bits per heavy atom. The van der Waals surface area contributed by atoms with Crippen molar-refractivity contribution in [3.05, 3.63) is 101 Å². The maximum atomic E-state index is 6.00. The molecular weight excluding hydrogens is 302 g/mol. The van der Waals surface area contributed by atoms with Crippen LogP contribution in [0.25, 0.3) is 0 Å². The highest BCUT2D eigenvalue weighted by atomic mass is 35.5. The summed E-state index contributed by atoms with van der Waals surface area (Å²) in [7, 11) is 0. The van der Waals surface area contributed by atoms with Gasteiger partial charge < -0.3 is 4.90 Å². The van der Waals surface area contributed by atoms with Crippen molar-refractivity contribution >= 4 is 17.3 Å². The number of hydrogen-bond donors (Lipinski definition) is 0. The van der Waals surface area contributed by atoms with Gasteiger partial charge in [-0.3, -0.25) is 0 Å². The van der Waals surface area contributed by atoms with Crippen molar-refractivity contribution in [2.75, 3.05) is 4.90 Å². The highest BCUT2D eigenvalue weighted by molar-refractivity contribution is 6.30. The third kappa shape index (κ3) is 4.37. The van der Waals surface area contributed by atoms with Crippen LogP contribution in [-0.4, -0.2) is 0 Å². The van der Waals surface area contributed by atoms with Crippen molar-refractivity contribution in [3.63, 3.8) is 0 Å². The van der Waals surface area contributed by atoms with Gasteiger partial charge in [-0.05, 0) is 42.3 Å². The lowest BCUT2D eigenvalue weighted by molar-refractivity contribution is 0.800. The third-order valence-corrected chi connectivity index (χ3v) is 4.15. The molecule has 0 saturated heterocycles. The van der Waals surface area contributed by atoms with E-state index in [0.717, 1.165) is 18.1 Å². The number of benzene rings is 3. The first-order chi connectivity index (χ1) is 11.2. The minimum Gasteiger partial charge on any atom is -0.363 e. The predicted molar refractivity (Wildman–Crippen MR) is 99.0 cm³/mol. The van der Waals surface area contributed by atoms with E-state index in [1.165, 1.54) is 22.4 Å². The van der Waals surface area contributed by atoms with Crippen LogP contribution in [0.15, 0.2) is 78.9 Å². The van der Waals surface area contributed by atoms with E-state index in [0.29, 0.717) is 0 Å². The monoisotopic (exact) mass is 321 g/mol. The summed E-state index contributed by atoms with van der Waals surface area (Å²) in [4.78, 5) is 2.39. The molecule has 0 aliphatic heterocycles. The molecule has 0 bridgehead atoms. The molecule has 0 unspecified atom stereocenters. The van der Waals surface area contributed by atoms with Gasteiger partial charge >= 0.3 is 0 Å². The van der Waals surface area contributed by atoms with E-state index in [9.17, 15) is 0 Å². The molecule has 23 heavy (non-hydrogen) atoms. The second-order valence-electron chi connectivity index (χ2n) is 5.80. The number of hydrogen-bond acceptors (Lipinski definition) is 1. The summed E-state index contributed by atoms with van der Waals surface area (Å²) in [5.74, 6) is 0. The van der Waals surface area contributed by atoms with E-state index < -0.39 is 0 Å². The molecule has 0 aromatic heterocycles.